The van der Waals surface area contributed by atoms with E-state index in [9.17, 15) is 4.79 Å². The lowest BCUT2D eigenvalue weighted by molar-refractivity contribution is -0.122. The molecule has 0 spiro atoms. The van der Waals surface area contributed by atoms with Crippen LogP contribution in [0.1, 0.15) is 51.1 Å². The molecule has 1 aromatic rings. The molecule has 1 aromatic carbocycles. The standard InChI is InChI=1S/C16H25ClN2O/c1-12(2)16(13-7-9-14(17)10-8-13)19-15(20)6-4-3-5-11-18/h7-10,12,16H,3-6,11,18H2,1-2H3,(H,19,20). The largest absolute Gasteiger partial charge is 0.349 e. The number of unbranched alkanes of at least 4 members (excludes halogenated alkanes) is 2. The van der Waals surface area contributed by atoms with Crippen molar-refractivity contribution in [2.24, 2.45) is 11.7 Å². The summed E-state index contributed by atoms with van der Waals surface area (Å²) in [5.41, 5.74) is 6.54. The quantitative estimate of drug-likeness (QED) is 0.719. The van der Waals surface area contributed by atoms with Crippen molar-refractivity contribution in [2.75, 3.05) is 6.54 Å². The molecule has 1 rings (SSSR count). The first-order valence-corrected chi connectivity index (χ1v) is 7.67. The molecule has 1 unspecified atom stereocenters. The Morgan fingerprint density at radius 1 is 1.20 bits per heavy atom. The van der Waals surface area contributed by atoms with E-state index in [0.717, 1.165) is 24.8 Å². The predicted molar refractivity (Wildman–Crippen MR) is 84.7 cm³/mol. The highest BCUT2D eigenvalue weighted by molar-refractivity contribution is 6.30. The van der Waals surface area contributed by atoms with Gasteiger partial charge in [0.2, 0.25) is 5.91 Å². The molecular formula is C16H25ClN2O. The minimum Gasteiger partial charge on any atom is -0.349 e. The lowest BCUT2D eigenvalue weighted by atomic mass is 9.96. The number of halogens is 1. The number of rotatable bonds is 8. The van der Waals surface area contributed by atoms with Crippen molar-refractivity contribution < 1.29 is 4.79 Å². The Bertz CT molecular complexity index is 403. The highest BCUT2D eigenvalue weighted by atomic mass is 35.5. The first-order valence-electron chi connectivity index (χ1n) is 7.29. The van der Waals surface area contributed by atoms with E-state index < -0.39 is 0 Å². The molecule has 1 amide bonds. The minimum atomic E-state index is 0.0364. The fourth-order valence-electron chi connectivity index (χ4n) is 2.16. The van der Waals surface area contributed by atoms with Gasteiger partial charge in [-0.25, -0.2) is 0 Å². The minimum absolute atomic E-state index is 0.0364. The molecule has 0 radical (unpaired) electrons. The molecule has 20 heavy (non-hydrogen) atoms. The van der Waals surface area contributed by atoms with E-state index in [2.05, 4.69) is 19.2 Å². The maximum Gasteiger partial charge on any atom is 0.220 e. The van der Waals surface area contributed by atoms with Gasteiger partial charge in [-0.2, -0.15) is 0 Å². The van der Waals surface area contributed by atoms with Gasteiger partial charge in [-0.15, -0.1) is 0 Å². The molecule has 3 N–H and O–H groups in total. The Morgan fingerprint density at radius 3 is 2.40 bits per heavy atom. The van der Waals surface area contributed by atoms with Crippen LogP contribution in [0.2, 0.25) is 5.02 Å². The zero-order valence-electron chi connectivity index (χ0n) is 12.4. The van der Waals surface area contributed by atoms with E-state index in [4.69, 9.17) is 17.3 Å². The van der Waals surface area contributed by atoms with Crippen LogP contribution in [-0.2, 0) is 4.79 Å². The molecule has 3 nitrogen and oxygen atoms in total. The second-order valence-electron chi connectivity index (χ2n) is 5.44. The van der Waals surface area contributed by atoms with Crippen LogP contribution in [0.4, 0.5) is 0 Å². The molecule has 0 fully saturated rings. The first-order chi connectivity index (χ1) is 9.54. The van der Waals surface area contributed by atoms with Gasteiger partial charge in [-0.05, 0) is 43.0 Å². The zero-order valence-corrected chi connectivity index (χ0v) is 13.1. The molecule has 0 aromatic heterocycles. The zero-order chi connectivity index (χ0) is 15.0. The lowest BCUT2D eigenvalue weighted by Crippen LogP contribution is -2.31. The molecule has 1 atom stereocenters. The molecule has 0 saturated heterocycles. The van der Waals surface area contributed by atoms with Crippen molar-refractivity contribution in [1.29, 1.82) is 0 Å². The van der Waals surface area contributed by atoms with Crippen LogP contribution in [0.15, 0.2) is 24.3 Å². The molecule has 0 aliphatic carbocycles. The summed E-state index contributed by atoms with van der Waals surface area (Å²) in [6.45, 7) is 4.91. The van der Waals surface area contributed by atoms with Gasteiger partial charge in [-0.1, -0.05) is 44.0 Å². The van der Waals surface area contributed by atoms with Crippen LogP contribution < -0.4 is 11.1 Å². The van der Waals surface area contributed by atoms with Gasteiger partial charge >= 0.3 is 0 Å². The van der Waals surface area contributed by atoms with Crippen molar-refractivity contribution in [3.05, 3.63) is 34.9 Å². The Kier molecular flexibility index (Phi) is 7.63. The summed E-state index contributed by atoms with van der Waals surface area (Å²) in [6, 6.07) is 7.71. The topological polar surface area (TPSA) is 55.1 Å². The van der Waals surface area contributed by atoms with Crippen molar-refractivity contribution >= 4 is 17.5 Å². The molecule has 0 bridgehead atoms. The Labute approximate surface area is 126 Å². The summed E-state index contributed by atoms with van der Waals surface area (Å²) in [7, 11) is 0. The van der Waals surface area contributed by atoms with Crippen molar-refractivity contribution in [1.82, 2.24) is 5.32 Å². The normalized spacial score (nSPS) is 12.4. The molecule has 0 saturated carbocycles. The number of hydrogen-bond acceptors (Lipinski definition) is 2. The number of carbonyl (C=O) groups excluding carboxylic acids is 1. The molecule has 0 heterocycles. The van der Waals surface area contributed by atoms with Gasteiger partial charge in [-0.3, -0.25) is 4.79 Å². The van der Waals surface area contributed by atoms with Gasteiger partial charge in [0.15, 0.2) is 0 Å². The van der Waals surface area contributed by atoms with Crippen LogP contribution in [0, 0.1) is 5.92 Å². The van der Waals surface area contributed by atoms with E-state index in [-0.39, 0.29) is 11.9 Å². The summed E-state index contributed by atoms with van der Waals surface area (Å²) in [4.78, 5) is 12.0. The number of nitrogens with one attached hydrogen (secondary N) is 1. The summed E-state index contributed by atoms with van der Waals surface area (Å²) in [5, 5.41) is 3.83. The summed E-state index contributed by atoms with van der Waals surface area (Å²) < 4.78 is 0. The van der Waals surface area contributed by atoms with E-state index in [0.29, 0.717) is 23.9 Å². The fourth-order valence-corrected chi connectivity index (χ4v) is 2.28. The second-order valence-corrected chi connectivity index (χ2v) is 5.88. The third kappa shape index (κ3) is 5.93. The fraction of sp³-hybridized carbons (Fsp3) is 0.562. The van der Waals surface area contributed by atoms with Gasteiger partial charge in [0.25, 0.3) is 0 Å². The smallest absolute Gasteiger partial charge is 0.220 e. The summed E-state index contributed by atoms with van der Waals surface area (Å²) >= 11 is 5.90. The monoisotopic (exact) mass is 296 g/mol. The average Bonchev–Trinajstić information content (AvgIpc) is 2.42. The average molecular weight is 297 g/mol. The van der Waals surface area contributed by atoms with Crippen LogP contribution >= 0.6 is 11.6 Å². The first kappa shape index (κ1) is 17.0. The van der Waals surface area contributed by atoms with Crippen molar-refractivity contribution in [2.45, 2.75) is 45.6 Å². The predicted octanol–water partition coefficient (Wildman–Crippen LogP) is 3.67. The highest BCUT2D eigenvalue weighted by Gasteiger charge is 2.17. The van der Waals surface area contributed by atoms with E-state index in [1.807, 2.05) is 24.3 Å². The van der Waals surface area contributed by atoms with Crippen molar-refractivity contribution in [3.63, 3.8) is 0 Å². The number of hydrogen-bond donors (Lipinski definition) is 2. The maximum atomic E-state index is 12.0. The Hall–Kier alpha value is -1.06. The second kappa shape index (κ2) is 8.98. The maximum absolute atomic E-state index is 12.0. The number of carbonyl (C=O) groups is 1. The Balaban J connectivity index is 2.55. The van der Waals surface area contributed by atoms with Gasteiger partial charge < -0.3 is 11.1 Å². The Morgan fingerprint density at radius 2 is 1.85 bits per heavy atom. The van der Waals surface area contributed by atoms with E-state index in [1.165, 1.54) is 0 Å². The lowest BCUT2D eigenvalue weighted by Gasteiger charge is -2.23. The third-order valence-electron chi connectivity index (χ3n) is 3.32. The van der Waals surface area contributed by atoms with Gasteiger partial charge in [0, 0.05) is 11.4 Å². The van der Waals surface area contributed by atoms with Crippen LogP contribution in [0.5, 0.6) is 0 Å². The van der Waals surface area contributed by atoms with Crippen LogP contribution in [0.3, 0.4) is 0 Å². The molecule has 4 heteroatoms. The van der Waals surface area contributed by atoms with Crippen LogP contribution in [0.25, 0.3) is 0 Å². The molecular weight excluding hydrogens is 272 g/mol. The molecule has 0 aliphatic rings. The highest BCUT2D eigenvalue weighted by Crippen LogP contribution is 2.23. The summed E-state index contributed by atoms with van der Waals surface area (Å²) in [5.74, 6) is 0.444. The number of amides is 1. The third-order valence-corrected chi connectivity index (χ3v) is 3.57. The molecule has 0 aliphatic heterocycles. The van der Waals surface area contributed by atoms with E-state index >= 15 is 0 Å². The van der Waals surface area contributed by atoms with Crippen molar-refractivity contribution in [3.8, 4) is 0 Å². The molecule has 112 valence electrons. The van der Waals surface area contributed by atoms with E-state index in [1.54, 1.807) is 0 Å². The number of nitrogens with two attached hydrogens (primary N) is 1. The SMILES string of the molecule is CC(C)C(NC(=O)CCCCCN)c1ccc(Cl)cc1. The van der Waals surface area contributed by atoms with Gasteiger partial charge in [0.05, 0.1) is 6.04 Å². The summed E-state index contributed by atoms with van der Waals surface area (Å²) in [6.07, 6.45) is 3.46. The van der Waals surface area contributed by atoms with Crippen LogP contribution in [-0.4, -0.2) is 12.5 Å². The van der Waals surface area contributed by atoms with Gasteiger partial charge in [0.1, 0.15) is 0 Å². The number of benzene rings is 1.